The molecule has 0 saturated carbocycles. The Labute approximate surface area is 160 Å². The van der Waals surface area contributed by atoms with Crippen LogP contribution in [0.5, 0.6) is 0 Å². The van der Waals surface area contributed by atoms with E-state index < -0.39 is 0 Å². The molecule has 0 aliphatic rings. The van der Waals surface area contributed by atoms with Crippen molar-refractivity contribution in [3.63, 3.8) is 0 Å². The zero-order chi connectivity index (χ0) is 18.5. The maximum atomic E-state index is 6.34. The number of nitrogens with one attached hydrogen (secondary N) is 1. The highest BCUT2D eigenvalue weighted by Gasteiger charge is 2.11. The van der Waals surface area contributed by atoms with E-state index in [1.54, 1.807) is 6.20 Å². The number of hydrogen-bond donors (Lipinski definition) is 1. The fraction of sp³-hybridized carbons (Fsp3) is 0.174. The lowest BCUT2D eigenvalue weighted by atomic mass is 9.98. The molecule has 1 heterocycles. The largest absolute Gasteiger partial charge is 0.355 e. The second kappa shape index (κ2) is 8.20. The van der Waals surface area contributed by atoms with Crippen LogP contribution in [0.2, 0.25) is 5.02 Å². The molecule has 0 spiro atoms. The molecule has 0 aliphatic heterocycles. The Morgan fingerprint density at radius 2 is 1.77 bits per heavy atom. The van der Waals surface area contributed by atoms with Crippen LogP contribution in [0.3, 0.4) is 0 Å². The van der Waals surface area contributed by atoms with Crippen LogP contribution in [0.1, 0.15) is 30.5 Å². The summed E-state index contributed by atoms with van der Waals surface area (Å²) in [6.07, 6.45) is 3.65. The van der Waals surface area contributed by atoms with E-state index in [0.717, 1.165) is 41.0 Å². The van der Waals surface area contributed by atoms with Crippen molar-refractivity contribution in [2.75, 3.05) is 5.32 Å². The van der Waals surface area contributed by atoms with Gasteiger partial charge in [0.05, 0.1) is 10.7 Å². The SMILES string of the molecule is C=C(Nc1ccccc1CC)c1ccc(-c2ncccc2Cl)c(CC)c1. The highest BCUT2D eigenvalue weighted by Crippen LogP contribution is 2.31. The van der Waals surface area contributed by atoms with E-state index in [4.69, 9.17) is 11.6 Å². The Kier molecular flexibility index (Phi) is 5.75. The quantitative estimate of drug-likeness (QED) is 0.533. The van der Waals surface area contributed by atoms with Crippen molar-refractivity contribution < 1.29 is 0 Å². The number of anilines is 1. The lowest BCUT2D eigenvalue weighted by molar-refractivity contribution is 1.13. The Morgan fingerprint density at radius 3 is 2.50 bits per heavy atom. The first-order chi connectivity index (χ1) is 12.6. The molecule has 26 heavy (non-hydrogen) atoms. The highest BCUT2D eigenvalue weighted by atomic mass is 35.5. The van der Waals surface area contributed by atoms with Crippen molar-refractivity contribution in [1.82, 2.24) is 4.98 Å². The number of benzene rings is 2. The molecule has 132 valence electrons. The third-order valence-electron chi connectivity index (χ3n) is 4.53. The smallest absolute Gasteiger partial charge is 0.0890 e. The molecular weight excluding hydrogens is 340 g/mol. The predicted octanol–water partition coefficient (Wildman–Crippen LogP) is 6.61. The predicted molar refractivity (Wildman–Crippen MR) is 113 cm³/mol. The normalized spacial score (nSPS) is 10.6. The first kappa shape index (κ1) is 18.2. The Bertz CT molecular complexity index is 931. The number of para-hydroxylation sites is 1. The van der Waals surface area contributed by atoms with Gasteiger partial charge in [-0.05, 0) is 53.8 Å². The van der Waals surface area contributed by atoms with Gasteiger partial charge in [-0.25, -0.2) is 0 Å². The first-order valence-corrected chi connectivity index (χ1v) is 9.29. The molecule has 0 saturated heterocycles. The molecule has 3 aromatic rings. The van der Waals surface area contributed by atoms with Crippen LogP contribution in [0, 0.1) is 0 Å². The third kappa shape index (κ3) is 3.81. The molecule has 2 aromatic carbocycles. The zero-order valence-electron chi connectivity index (χ0n) is 15.2. The van der Waals surface area contributed by atoms with Gasteiger partial charge in [0.1, 0.15) is 0 Å². The van der Waals surface area contributed by atoms with Gasteiger partial charge in [-0.15, -0.1) is 0 Å². The average Bonchev–Trinajstić information content (AvgIpc) is 2.68. The van der Waals surface area contributed by atoms with Gasteiger partial charge in [0.25, 0.3) is 0 Å². The monoisotopic (exact) mass is 362 g/mol. The second-order valence-electron chi connectivity index (χ2n) is 6.17. The summed E-state index contributed by atoms with van der Waals surface area (Å²) in [6, 6.07) is 18.4. The molecule has 3 heteroatoms. The van der Waals surface area contributed by atoms with Crippen molar-refractivity contribution >= 4 is 23.0 Å². The van der Waals surface area contributed by atoms with Crippen molar-refractivity contribution in [2.45, 2.75) is 26.7 Å². The maximum Gasteiger partial charge on any atom is 0.0890 e. The van der Waals surface area contributed by atoms with Crippen LogP contribution in [0.4, 0.5) is 5.69 Å². The second-order valence-corrected chi connectivity index (χ2v) is 6.58. The van der Waals surface area contributed by atoms with E-state index in [1.807, 2.05) is 18.2 Å². The van der Waals surface area contributed by atoms with E-state index in [9.17, 15) is 0 Å². The van der Waals surface area contributed by atoms with E-state index in [2.05, 4.69) is 67.1 Å². The van der Waals surface area contributed by atoms with Gasteiger partial charge >= 0.3 is 0 Å². The van der Waals surface area contributed by atoms with Gasteiger partial charge in [-0.1, -0.05) is 62.4 Å². The molecule has 0 unspecified atom stereocenters. The van der Waals surface area contributed by atoms with Crippen LogP contribution in [-0.2, 0) is 12.8 Å². The average molecular weight is 363 g/mol. The van der Waals surface area contributed by atoms with Crippen molar-refractivity contribution in [1.29, 1.82) is 0 Å². The molecule has 0 bridgehead atoms. The Balaban J connectivity index is 1.92. The number of aryl methyl sites for hydroxylation is 2. The lowest BCUT2D eigenvalue weighted by Gasteiger charge is -2.16. The topological polar surface area (TPSA) is 24.9 Å². The molecule has 0 aliphatic carbocycles. The number of nitrogens with zero attached hydrogens (tertiary/aromatic N) is 1. The highest BCUT2D eigenvalue weighted by molar-refractivity contribution is 6.33. The number of pyridine rings is 1. The summed E-state index contributed by atoms with van der Waals surface area (Å²) in [4.78, 5) is 4.45. The fourth-order valence-corrected chi connectivity index (χ4v) is 3.30. The van der Waals surface area contributed by atoms with E-state index in [-0.39, 0.29) is 0 Å². The lowest BCUT2D eigenvalue weighted by Crippen LogP contribution is -2.01. The minimum atomic E-state index is 0.670. The third-order valence-corrected chi connectivity index (χ3v) is 4.84. The van der Waals surface area contributed by atoms with Crippen LogP contribution in [0.15, 0.2) is 67.4 Å². The van der Waals surface area contributed by atoms with Gasteiger partial charge in [-0.2, -0.15) is 0 Å². The van der Waals surface area contributed by atoms with Gasteiger partial charge in [0.15, 0.2) is 0 Å². The van der Waals surface area contributed by atoms with E-state index in [1.165, 1.54) is 11.1 Å². The van der Waals surface area contributed by atoms with Gasteiger partial charge in [0, 0.05) is 23.1 Å². The summed E-state index contributed by atoms with van der Waals surface area (Å²) < 4.78 is 0. The van der Waals surface area contributed by atoms with Crippen molar-refractivity contribution in [2.24, 2.45) is 0 Å². The zero-order valence-corrected chi connectivity index (χ0v) is 16.0. The molecule has 0 atom stereocenters. The van der Waals surface area contributed by atoms with Gasteiger partial charge < -0.3 is 5.32 Å². The standard InChI is InChI=1S/C23H23ClN2/c1-4-17-9-6-7-11-22(17)26-16(3)19-12-13-20(18(5-2)15-19)23-21(24)10-8-14-25-23/h6-15,26H,3-5H2,1-2H3. The van der Waals surface area contributed by atoms with E-state index >= 15 is 0 Å². The van der Waals surface area contributed by atoms with Crippen LogP contribution >= 0.6 is 11.6 Å². The summed E-state index contributed by atoms with van der Waals surface area (Å²) in [5.41, 5.74) is 7.45. The molecule has 3 rings (SSSR count). The number of halogens is 1. The molecule has 0 amide bonds. The summed E-state index contributed by atoms with van der Waals surface area (Å²) in [5.74, 6) is 0. The minimum Gasteiger partial charge on any atom is -0.355 e. The number of aromatic nitrogens is 1. The summed E-state index contributed by atoms with van der Waals surface area (Å²) in [5, 5.41) is 4.13. The van der Waals surface area contributed by atoms with Crippen LogP contribution in [0.25, 0.3) is 17.0 Å². The molecule has 1 N–H and O–H groups in total. The summed E-state index contributed by atoms with van der Waals surface area (Å²) in [6.45, 7) is 8.54. The molecule has 0 fully saturated rings. The Hall–Kier alpha value is -2.58. The van der Waals surface area contributed by atoms with Gasteiger partial charge in [-0.3, -0.25) is 4.98 Å². The minimum absolute atomic E-state index is 0.670. The summed E-state index contributed by atoms with van der Waals surface area (Å²) >= 11 is 6.34. The van der Waals surface area contributed by atoms with Crippen LogP contribution < -0.4 is 5.32 Å². The summed E-state index contributed by atoms with van der Waals surface area (Å²) in [7, 11) is 0. The molecule has 1 aromatic heterocycles. The fourth-order valence-electron chi connectivity index (χ4n) is 3.07. The molecule has 0 radical (unpaired) electrons. The van der Waals surface area contributed by atoms with Gasteiger partial charge in [0.2, 0.25) is 0 Å². The van der Waals surface area contributed by atoms with E-state index in [0.29, 0.717) is 5.02 Å². The molecule has 2 nitrogen and oxygen atoms in total. The Morgan fingerprint density at radius 1 is 1.00 bits per heavy atom. The van der Waals surface area contributed by atoms with Crippen molar-refractivity contribution in [3.8, 4) is 11.3 Å². The van der Waals surface area contributed by atoms with Crippen molar-refractivity contribution in [3.05, 3.63) is 89.1 Å². The number of rotatable bonds is 6. The van der Waals surface area contributed by atoms with Crippen LogP contribution in [-0.4, -0.2) is 4.98 Å². The molecular formula is C23H23ClN2. The number of hydrogen-bond acceptors (Lipinski definition) is 2. The first-order valence-electron chi connectivity index (χ1n) is 8.92. The maximum absolute atomic E-state index is 6.34.